The van der Waals surface area contributed by atoms with E-state index in [0.29, 0.717) is 17.0 Å². The van der Waals surface area contributed by atoms with E-state index in [4.69, 9.17) is 91.0 Å². The van der Waals surface area contributed by atoms with Crippen molar-refractivity contribution in [3.8, 4) is 22.6 Å². The molecule has 1 fully saturated rings. The van der Waals surface area contributed by atoms with Crippen molar-refractivity contribution in [2.75, 3.05) is 6.61 Å². The Kier molecular flexibility index (Phi) is 7.74. The first-order chi connectivity index (χ1) is 20.7. The van der Waals surface area contributed by atoms with Gasteiger partial charge in [-0.2, -0.15) is 0 Å². The highest BCUT2D eigenvalue weighted by Crippen LogP contribution is 2.83. The van der Waals surface area contributed by atoms with Gasteiger partial charge in [-0.15, -0.1) is 26.1 Å². The van der Waals surface area contributed by atoms with Crippen molar-refractivity contribution in [3.05, 3.63) is 69.9 Å². The van der Waals surface area contributed by atoms with Crippen molar-refractivity contribution in [1.82, 2.24) is 24.6 Å². The first-order valence-electron chi connectivity index (χ1n) is 13.6. The molecule has 45 heavy (non-hydrogen) atoms. The highest BCUT2D eigenvalue weighted by atomic mass is 16.5. The minimum absolute atomic E-state index is 0.0113. The Bertz CT molecular complexity index is 1860. The number of hydrogen-bond acceptors (Lipinski definition) is 6. The van der Waals surface area contributed by atoms with Gasteiger partial charge in [0, 0.05) is 24.0 Å². The highest BCUT2D eigenvalue weighted by Gasteiger charge is 2.69. The maximum absolute atomic E-state index is 13.3. The van der Waals surface area contributed by atoms with E-state index in [2.05, 4.69) is 20.1 Å². The molecule has 0 amide bonds. The van der Waals surface area contributed by atoms with E-state index < -0.39 is 42.9 Å². The quantitative estimate of drug-likeness (QED) is 0.253. The van der Waals surface area contributed by atoms with Crippen LogP contribution in [0.3, 0.4) is 0 Å². The molecular formula is C26H16B11N5O3. The van der Waals surface area contributed by atoms with Gasteiger partial charge in [0.1, 0.15) is 17.0 Å². The largest absolute Gasteiger partial charge is 0.462 e. The van der Waals surface area contributed by atoms with Crippen molar-refractivity contribution in [2.45, 2.75) is 45.2 Å². The number of fused-ring (bicyclic) bond motifs is 1. The van der Waals surface area contributed by atoms with Gasteiger partial charge < -0.3 is 4.74 Å². The van der Waals surface area contributed by atoms with E-state index in [0.717, 1.165) is 4.52 Å². The minimum atomic E-state index is -2.42. The molecule has 4 aromatic rings. The third-order valence-corrected chi connectivity index (χ3v) is 8.89. The smallest absolute Gasteiger partial charge is 0.344 e. The number of benzene rings is 1. The summed E-state index contributed by atoms with van der Waals surface area (Å²) in [6.07, 6.45) is 2.96. The molecule has 3 heterocycles. The fourth-order valence-corrected chi connectivity index (χ4v) is 5.81. The molecule has 1 saturated carbocycles. The molecule has 22 radical (unpaired) electrons. The second-order valence-corrected chi connectivity index (χ2v) is 11.4. The molecule has 1 aromatic carbocycles. The maximum atomic E-state index is 13.3. The third-order valence-electron chi connectivity index (χ3n) is 8.89. The molecule has 19 heteroatoms. The molecule has 1 aliphatic rings. The zero-order valence-electron chi connectivity index (χ0n) is 24.6. The molecule has 196 valence electrons. The van der Waals surface area contributed by atoms with E-state index in [1.165, 1.54) is 42.7 Å². The van der Waals surface area contributed by atoms with Crippen LogP contribution in [-0.2, 0) is 10.1 Å². The summed E-state index contributed by atoms with van der Waals surface area (Å²) >= 11 is 0. The lowest BCUT2D eigenvalue weighted by Crippen LogP contribution is -2.70. The number of nitrogens with one attached hydrogen (secondary N) is 1. The predicted molar refractivity (Wildman–Crippen MR) is 181 cm³/mol. The summed E-state index contributed by atoms with van der Waals surface area (Å²) in [6, 6.07) is 7.19. The SMILES string of the molecule is [B]C1([B])C([B])([B])C([B])([B])C([B])(c2ccc(-c3cc(=O)n4[nH]c(-c5nccnc5C)c(C(=O)OCC)c4n3)cc2)C([B])([B])C1([B])[B]. The summed E-state index contributed by atoms with van der Waals surface area (Å²) in [5.41, 5.74) is 1.16. The number of esters is 1. The van der Waals surface area contributed by atoms with Gasteiger partial charge in [0.25, 0.3) is 5.56 Å². The molecule has 0 unspecified atom stereocenters. The summed E-state index contributed by atoms with van der Waals surface area (Å²) in [5, 5.41) is -11.4. The lowest BCUT2D eigenvalue weighted by molar-refractivity contribution is 0.0529. The summed E-state index contributed by atoms with van der Waals surface area (Å²) in [5.74, 6) is -0.725. The van der Waals surface area contributed by atoms with Crippen molar-refractivity contribution >= 4 is 97.9 Å². The average Bonchev–Trinajstić information content (AvgIpc) is 3.36. The molecule has 0 atom stereocenters. The second-order valence-electron chi connectivity index (χ2n) is 11.4. The van der Waals surface area contributed by atoms with Crippen LogP contribution in [0.4, 0.5) is 0 Å². The van der Waals surface area contributed by atoms with E-state index in [1.54, 1.807) is 13.8 Å². The van der Waals surface area contributed by atoms with Gasteiger partial charge >= 0.3 is 5.97 Å². The molecule has 5 rings (SSSR count). The topological polar surface area (TPSA) is 102 Å². The normalized spacial score (nSPS) is 20.3. The van der Waals surface area contributed by atoms with Crippen LogP contribution in [0.1, 0.15) is 28.5 Å². The van der Waals surface area contributed by atoms with E-state index >= 15 is 0 Å². The van der Waals surface area contributed by atoms with Crippen LogP contribution in [0, 0.1) is 6.92 Å². The zero-order chi connectivity index (χ0) is 33.5. The Morgan fingerprint density at radius 1 is 0.844 bits per heavy atom. The van der Waals surface area contributed by atoms with Crippen LogP contribution in [0.5, 0.6) is 0 Å². The number of carbonyl (C=O) groups excluding carboxylic acids is 1. The molecule has 0 saturated heterocycles. The zero-order valence-corrected chi connectivity index (χ0v) is 24.6. The molecule has 1 aliphatic carbocycles. The fourth-order valence-electron chi connectivity index (χ4n) is 5.81. The number of nitrogens with zero attached hydrogens (tertiary/aromatic N) is 4. The molecular weight excluding hydrogens is 549 g/mol. The number of aromatic nitrogens is 5. The van der Waals surface area contributed by atoms with Gasteiger partial charge in [-0.25, -0.2) is 14.3 Å². The number of H-pyrrole nitrogens is 1. The van der Waals surface area contributed by atoms with Crippen molar-refractivity contribution in [1.29, 1.82) is 0 Å². The monoisotopic (exact) mass is 567 g/mol. The van der Waals surface area contributed by atoms with Gasteiger partial charge in [-0.3, -0.25) is 19.9 Å². The van der Waals surface area contributed by atoms with Gasteiger partial charge in [-0.1, -0.05) is 35.1 Å². The number of ether oxygens (including phenoxy) is 1. The predicted octanol–water partition coefficient (Wildman–Crippen LogP) is -0.725. The van der Waals surface area contributed by atoms with Crippen LogP contribution in [0.25, 0.3) is 28.3 Å². The molecule has 0 bridgehead atoms. The fraction of sp³-hybridized carbons (Fsp3) is 0.346. The van der Waals surface area contributed by atoms with Crippen molar-refractivity contribution < 1.29 is 9.53 Å². The van der Waals surface area contributed by atoms with Crippen LogP contribution in [0.2, 0.25) is 26.1 Å². The van der Waals surface area contributed by atoms with E-state index in [1.807, 2.05) is 0 Å². The molecule has 0 aliphatic heterocycles. The summed E-state index contributed by atoms with van der Waals surface area (Å²) in [4.78, 5) is 39.6. The van der Waals surface area contributed by atoms with Crippen molar-refractivity contribution in [2.24, 2.45) is 0 Å². The van der Waals surface area contributed by atoms with Crippen LogP contribution < -0.4 is 5.56 Å². The lowest BCUT2D eigenvalue weighted by atomic mass is 8.96. The Morgan fingerprint density at radius 3 is 1.91 bits per heavy atom. The molecule has 3 aromatic heterocycles. The molecule has 1 N–H and O–H groups in total. The summed E-state index contributed by atoms with van der Waals surface area (Å²) in [6.45, 7) is 3.43. The summed E-state index contributed by atoms with van der Waals surface area (Å²) < 4.78 is 6.39. The van der Waals surface area contributed by atoms with E-state index in [-0.39, 0.29) is 34.8 Å². The highest BCUT2D eigenvalue weighted by molar-refractivity contribution is 6.72. The Hall–Kier alpha value is -3.10. The van der Waals surface area contributed by atoms with Crippen LogP contribution in [0.15, 0.2) is 47.5 Å². The number of carbonyl (C=O) groups is 1. The second kappa shape index (κ2) is 10.5. The third kappa shape index (κ3) is 4.24. The van der Waals surface area contributed by atoms with Crippen molar-refractivity contribution in [3.63, 3.8) is 0 Å². The first kappa shape index (κ1) is 33.3. The average molecular weight is 565 g/mol. The summed E-state index contributed by atoms with van der Waals surface area (Å²) in [7, 11) is 70.0. The Morgan fingerprint density at radius 2 is 1.38 bits per heavy atom. The van der Waals surface area contributed by atoms with Gasteiger partial charge in [0.05, 0.1) is 104 Å². The number of rotatable bonds is 5. The van der Waals surface area contributed by atoms with Gasteiger partial charge in [0.15, 0.2) is 5.65 Å². The van der Waals surface area contributed by atoms with Gasteiger partial charge in [-0.05, 0) is 13.8 Å². The molecule has 8 nitrogen and oxygen atoms in total. The van der Waals surface area contributed by atoms with Gasteiger partial charge in [0.2, 0.25) is 0 Å². The van der Waals surface area contributed by atoms with E-state index in [9.17, 15) is 9.59 Å². The van der Waals surface area contributed by atoms with Crippen LogP contribution >= 0.6 is 0 Å². The number of hydrogen-bond donors (Lipinski definition) is 1. The van der Waals surface area contributed by atoms with Crippen LogP contribution in [-0.4, -0.2) is 123 Å². The minimum Gasteiger partial charge on any atom is -0.462 e. The maximum Gasteiger partial charge on any atom is 0.344 e. The Balaban J connectivity index is 1.68. The molecule has 0 spiro atoms. The standard InChI is InChI=1S/C26H16B11N5O3/c1-3-45-20(44)16-18(17-11(2)38-8-9-39-17)41-42-15(43)10-14(40-19(16)42)12-4-6-13(7-5-12)21(27)22(28,29)24(32,33)26(36,37)25(34,35)23(21,30)31/h4-10,41H,3H2,1-2H3. The number of aryl methyl sites for hydroxylation is 1. The number of aromatic amines is 1. The Labute approximate surface area is 275 Å². The lowest BCUT2D eigenvalue weighted by Gasteiger charge is -2.82. The first-order valence-corrected chi connectivity index (χ1v) is 13.6.